The standard InChI is InChI=1S/C13H20N2O4S/c1-9-13(2,6-7-19-9)15-20(16,17)12-5-4-10(14)8-11(12)18-3/h4-5,8-9,15H,6-7,14H2,1-3H3. The van der Waals surface area contributed by atoms with Crippen LogP contribution in [0.25, 0.3) is 0 Å². The summed E-state index contributed by atoms with van der Waals surface area (Å²) in [6.07, 6.45) is 0.446. The van der Waals surface area contributed by atoms with Gasteiger partial charge in [-0.3, -0.25) is 0 Å². The molecule has 3 N–H and O–H groups in total. The zero-order valence-corrected chi connectivity index (χ0v) is 12.7. The van der Waals surface area contributed by atoms with Gasteiger partial charge in [0.05, 0.1) is 18.8 Å². The van der Waals surface area contributed by atoms with Crippen molar-refractivity contribution in [2.75, 3.05) is 19.5 Å². The maximum atomic E-state index is 12.5. The molecule has 1 aliphatic heterocycles. The fraction of sp³-hybridized carbons (Fsp3) is 0.538. The van der Waals surface area contributed by atoms with E-state index in [0.29, 0.717) is 18.7 Å². The summed E-state index contributed by atoms with van der Waals surface area (Å²) in [7, 11) is -2.29. The smallest absolute Gasteiger partial charge is 0.244 e. The lowest BCUT2D eigenvalue weighted by Crippen LogP contribution is -2.50. The molecule has 0 aromatic heterocycles. The normalized spacial score (nSPS) is 26.6. The lowest BCUT2D eigenvalue weighted by molar-refractivity contribution is 0.0957. The molecule has 0 amide bonds. The molecule has 0 radical (unpaired) electrons. The van der Waals surface area contributed by atoms with Gasteiger partial charge in [-0.1, -0.05) is 0 Å². The van der Waals surface area contributed by atoms with E-state index in [1.165, 1.54) is 25.3 Å². The zero-order chi connectivity index (χ0) is 15.0. The van der Waals surface area contributed by atoms with Gasteiger partial charge in [-0.25, -0.2) is 13.1 Å². The molecule has 2 atom stereocenters. The molecule has 112 valence electrons. The van der Waals surface area contributed by atoms with E-state index < -0.39 is 15.6 Å². The van der Waals surface area contributed by atoms with Gasteiger partial charge in [0.15, 0.2) is 0 Å². The molecular weight excluding hydrogens is 280 g/mol. The Labute approximate surface area is 119 Å². The minimum absolute atomic E-state index is 0.0783. The number of nitrogen functional groups attached to an aromatic ring is 1. The van der Waals surface area contributed by atoms with E-state index in [-0.39, 0.29) is 16.7 Å². The Morgan fingerprint density at radius 3 is 2.75 bits per heavy atom. The van der Waals surface area contributed by atoms with Crippen molar-refractivity contribution in [3.05, 3.63) is 18.2 Å². The van der Waals surface area contributed by atoms with Crippen LogP contribution < -0.4 is 15.2 Å². The van der Waals surface area contributed by atoms with E-state index in [9.17, 15) is 8.42 Å². The van der Waals surface area contributed by atoms with E-state index in [1.54, 1.807) is 0 Å². The second kappa shape index (κ2) is 5.23. The molecule has 0 bridgehead atoms. The number of nitrogens with two attached hydrogens (primary N) is 1. The highest BCUT2D eigenvalue weighted by Gasteiger charge is 2.41. The monoisotopic (exact) mass is 300 g/mol. The summed E-state index contributed by atoms with van der Waals surface area (Å²) in [5, 5.41) is 0. The van der Waals surface area contributed by atoms with Gasteiger partial charge in [0.1, 0.15) is 10.6 Å². The minimum Gasteiger partial charge on any atom is -0.495 e. The summed E-state index contributed by atoms with van der Waals surface area (Å²) in [5.74, 6) is 0.229. The van der Waals surface area contributed by atoms with Crippen LogP contribution in [0.1, 0.15) is 20.3 Å². The predicted molar refractivity (Wildman–Crippen MR) is 76.2 cm³/mol. The molecule has 0 saturated carbocycles. The second-order valence-electron chi connectivity index (χ2n) is 5.20. The molecule has 1 aromatic rings. The van der Waals surface area contributed by atoms with E-state index in [2.05, 4.69) is 4.72 Å². The highest BCUT2D eigenvalue weighted by Crippen LogP contribution is 2.31. The number of ether oxygens (including phenoxy) is 2. The number of benzene rings is 1. The van der Waals surface area contributed by atoms with Crippen LogP contribution >= 0.6 is 0 Å². The van der Waals surface area contributed by atoms with Gasteiger partial charge in [-0.05, 0) is 32.4 Å². The number of nitrogens with one attached hydrogen (secondary N) is 1. The summed E-state index contributed by atoms with van der Waals surface area (Å²) in [6, 6.07) is 4.47. The van der Waals surface area contributed by atoms with E-state index in [1.807, 2.05) is 13.8 Å². The Morgan fingerprint density at radius 1 is 1.50 bits per heavy atom. The van der Waals surface area contributed by atoms with Crippen LogP contribution in [-0.4, -0.2) is 33.8 Å². The summed E-state index contributed by atoms with van der Waals surface area (Å²) < 4.78 is 38.4. The zero-order valence-electron chi connectivity index (χ0n) is 11.8. The molecule has 1 aromatic carbocycles. The quantitative estimate of drug-likeness (QED) is 0.813. The van der Waals surface area contributed by atoms with Crippen molar-refractivity contribution in [2.24, 2.45) is 0 Å². The number of anilines is 1. The molecule has 6 nitrogen and oxygen atoms in total. The molecular formula is C13H20N2O4S. The van der Waals surface area contributed by atoms with Crippen molar-refractivity contribution in [1.29, 1.82) is 0 Å². The Morgan fingerprint density at radius 2 is 2.20 bits per heavy atom. The average molecular weight is 300 g/mol. The highest BCUT2D eigenvalue weighted by molar-refractivity contribution is 7.89. The Bertz CT molecular complexity index is 602. The maximum absolute atomic E-state index is 12.5. The highest BCUT2D eigenvalue weighted by atomic mass is 32.2. The van der Waals surface area contributed by atoms with E-state index >= 15 is 0 Å². The molecule has 0 spiro atoms. The number of hydrogen-bond acceptors (Lipinski definition) is 5. The third kappa shape index (κ3) is 2.74. The third-order valence-corrected chi connectivity index (χ3v) is 5.38. The summed E-state index contributed by atoms with van der Waals surface area (Å²) in [6.45, 7) is 4.24. The van der Waals surface area contributed by atoms with Gasteiger partial charge in [0.2, 0.25) is 10.0 Å². The molecule has 2 rings (SSSR count). The van der Waals surface area contributed by atoms with Gasteiger partial charge in [0.25, 0.3) is 0 Å². The number of hydrogen-bond donors (Lipinski definition) is 2. The maximum Gasteiger partial charge on any atom is 0.244 e. The van der Waals surface area contributed by atoms with E-state index in [4.69, 9.17) is 15.2 Å². The van der Waals surface area contributed by atoms with Crippen LogP contribution in [0.4, 0.5) is 5.69 Å². The minimum atomic E-state index is -3.71. The van der Waals surface area contributed by atoms with Gasteiger partial charge in [-0.2, -0.15) is 0 Å². The fourth-order valence-electron chi connectivity index (χ4n) is 2.24. The van der Waals surface area contributed by atoms with Gasteiger partial charge < -0.3 is 15.2 Å². The van der Waals surface area contributed by atoms with Crippen molar-refractivity contribution >= 4 is 15.7 Å². The molecule has 1 aliphatic rings. The number of sulfonamides is 1. The average Bonchev–Trinajstić information content (AvgIpc) is 2.67. The first-order chi connectivity index (χ1) is 9.28. The van der Waals surface area contributed by atoms with Crippen molar-refractivity contribution in [1.82, 2.24) is 4.72 Å². The first kappa shape index (κ1) is 15.1. The lowest BCUT2D eigenvalue weighted by Gasteiger charge is -2.28. The van der Waals surface area contributed by atoms with Crippen molar-refractivity contribution in [3.63, 3.8) is 0 Å². The van der Waals surface area contributed by atoms with Crippen LogP contribution in [-0.2, 0) is 14.8 Å². The van der Waals surface area contributed by atoms with Crippen molar-refractivity contribution in [3.8, 4) is 5.75 Å². The van der Waals surface area contributed by atoms with Crippen LogP contribution in [0.5, 0.6) is 5.75 Å². The third-order valence-electron chi connectivity index (χ3n) is 3.73. The second-order valence-corrected chi connectivity index (χ2v) is 6.85. The molecule has 20 heavy (non-hydrogen) atoms. The molecule has 0 aliphatic carbocycles. The van der Waals surface area contributed by atoms with Gasteiger partial charge >= 0.3 is 0 Å². The summed E-state index contributed by atoms with van der Waals surface area (Å²) in [5.41, 5.74) is 5.47. The van der Waals surface area contributed by atoms with Crippen LogP contribution in [0.15, 0.2) is 23.1 Å². The Balaban J connectivity index is 2.36. The van der Waals surface area contributed by atoms with Gasteiger partial charge in [-0.15, -0.1) is 0 Å². The topological polar surface area (TPSA) is 90.7 Å². The van der Waals surface area contributed by atoms with Gasteiger partial charge in [0, 0.05) is 18.4 Å². The number of methoxy groups -OCH3 is 1. The SMILES string of the molecule is COc1cc(N)ccc1S(=O)(=O)NC1(C)CCOC1C. The molecule has 7 heteroatoms. The van der Waals surface area contributed by atoms with Crippen molar-refractivity contribution in [2.45, 2.75) is 36.8 Å². The van der Waals surface area contributed by atoms with Crippen LogP contribution in [0.2, 0.25) is 0 Å². The predicted octanol–water partition coefficient (Wildman–Crippen LogP) is 1.12. The van der Waals surface area contributed by atoms with Crippen molar-refractivity contribution < 1.29 is 17.9 Å². The summed E-state index contributed by atoms with van der Waals surface area (Å²) in [4.78, 5) is 0.0783. The first-order valence-electron chi connectivity index (χ1n) is 6.37. The lowest BCUT2D eigenvalue weighted by atomic mass is 9.97. The molecule has 1 heterocycles. The summed E-state index contributed by atoms with van der Waals surface area (Å²) >= 11 is 0. The molecule has 2 unspecified atom stereocenters. The fourth-order valence-corrected chi connectivity index (χ4v) is 3.88. The van der Waals surface area contributed by atoms with E-state index in [0.717, 1.165) is 0 Å². The molecule has 1 saturated heterocycles. The number of rotatable bonds is 4. The Kier molecular flexibility index (Phi) is 3.95. The largest absolute Gasteiger partial charge is 0.495 e. The first-order valence-corrected chi connectivity index (χ1v) is 7.86. The van der Waals surface area contributed by atoms with Crippen LogP contribution in [0.3, 0.4) is 0 Å². The molecule has 1 fully saturated rings. The van der Waals surface area contributed by atoms with Crippen LogP contribution in [0, 0.1) is 0 Å². The Hall–Kier alpha value is -1.31.